The summed E-state index contributed by atoms with van der Waals surface area (Å²) in [6, 6.07) is 15.0. The van der Waals surface area contributed by atoms with Crippen LogP contribution in [0.2, 0.25) is 0 Å². The molecule has 0 radical (unpaired) electrons. The summed E-state index contributed by atoms with van der Waals surface area (Å²) in [6.45, 7) is 6.70. The van der Waals surface area contributed by atoms with Crippen LogP contribution in [0.1, 0.15) is 44.7 Å². The van der Waals surface area contributed by atoms with Gasteiger partial charge in [0.2, 0.25) is 0 Å². The quantitative estimate of drug-likeness (QED) is 0.766. The molecule has 0 fully saturated rings. The zero-order valence-corrected chi connectivity index (χ0v) is 17.2. The van der Waals surface area contributed by atoms with Crippen molar-refractivity contribution in [3.8, 4) is 5.75 Å². The SMILES string of the molecule is CCC1Oc2ccc(NC(=O)OCc3ccccc3)cc2CN(C(C)CC)C1=O. The van der Waals surface area contributed by atoms with Crippen molar-refractivity contribution in [2.24, 2.45) is 0 Å². The van der Waals surface area contributed by atoms with Crippen molar-refractivity contribution in [2.75, 3.05) is 5.32 Å². The van der Waals surface area contributed by atoms with Gasteiger partial charge in [0.05, 0.1) is 0 Å². The number of nitrogens with zero attached hydrogens (tertiary/aromatic N) is 1. The van der Waals surface area contributed by atoms with Gasteiger partial charge in [-0.15, -0.1) is 0 Å². The van der Waals surface area contributed by atoms with Crippen LogP contribution in [0.25, 0.3) is 0 Å². The lowest BCUT2D eigenvalue weighted by Gasteiger charge is -2.28. The van der Waals surface area contributed by atoms with E-state index < -0.39 is 12.2 Å². The Morgan fingerprint density at radius 2 is 2.00 bits per heavy atom. The maximum atomic E-state index is 12.8. The van der Waals surface area contributed by atoms with Gasteiger partial charge in [0.25, 0.3) is 5.91 Å². The molecular formula is C23H28N2O4. The van der Waals surface area contributed by atoms with Crippen LogP contribution >= 0.6 is 0 Å². The normalized spacial score (nSPS) is 17.0. The van der Waals surface area contributed by atoms with Gasteiger partial charge in [-0.05, 0) is 43.5 Å². The molecule has 29 heavy (non-hydrogen) atoms. The third-order valence-corrected chi connectivity index (χ3v) is 5.18. The maximum Gasteiger partial charge on any atom is 0.411 e. The number of amides is 2. The van der Waals surface area contributed by atoms with Gasteiger partial charge in [0, 0.05) is 23.8 Å². The van der Waals surface area contributed by atoms with Gasteiger partial charge in [-0.2, -0.15) is 0 Å². The topological polar surface area (TPSA) is 67.9 Å². The summed E-state index contributed by atoms with van der Waals surface area (Å²) in [5.74, 6) is 0.689. The summed E-state index contributed by atoms with van der Waals surface area (Å²) in [5, 5.41) is 2.76. The predicted molar refractivity (Wildman–Crippen MR) is 112 cm³/mol. The Morgan fingerprint density at radius 3 is 2.69 bits per heavy atom. The number of rotatable bonds is 6. The van der Waals surface area contributed by atoms with Crippen LogP contribution in [0, 0.1) is 0 Å². The lowest BCUT2D eigenvalue weighted by Crippen LogP contribution is -2.43. The standard InChI is InChI=1S/C23H28N2O4/c1-4-16(3)25-14-18-13-19(11-12-21(18)29-20(5-2)22(25)26)24-23(27)28-15-17-9-7-6-8-10-17/h6-13,16,20H,4-5,14-15H2,1-3H3,(H,24,27). The number of anilines is 1. The fourth-order valence-corrected chi connectivity index (χ4v) is 3.27. The van der Waals surface area contributed by atoms with Crippen LogP contribution in [0.4, 0.5) is 10.5 Å². The van der Waals surface area contributed by atoms with E-state index in [4.69, 9.17) is 9.47 Å². The molecule has 1 aliphatic heterocycles. The largest absolute Gasteiger partial charge is 0.480 e. The predicted octanol–water partition coefficient (Wildman–Crippen LogP) is 4.73. The average Bonchev–Trinajstić information content (AvgIpc) is 2.88. The molecular weight excluding hydrogens is 368 g/mol. The molecule has 1 aliphatic rings. The van der Waals surface area contributed by atoms with Crippen LogP contribution in [0.3, 0.4) is 0 Å². The third kappa shape index (κ3) is 5.08. The first-order valence-electron chi connectivity index (χ1n) is 10.1. The summed E-state index contributed by atoms with van der Waals surface area (Å²) in [4.78, 5) is 26.9. The van der Waals surface area contributed by atoms with Crippen LogP contribution < -0.4 is 10.1 Å². The molecule has 2 unspecified atom stereocenters. The zero-order chi connectivity index (χ0) is 20.8. The van der Waals surface area contributed by atoms with Crippen molar-refractivity contribution in [2.45, 2.75) is 58.9 Å². The highest BCUT2D eigenvalue weighted by atomic mass is 16.5. The molecule has 3 rings (SSSR count). The maximum absolute atomic E-state index is 12.8. The van der Waals surface area contributed by atoms with Crippen molar-refractivity contribution in [3.63, 3.8) is 0 Å². The molecule has 6 nitrogen and oxygen atoms in total. The van der Waals surface area contributed by atoms with E-state index in [9.17, 15) is 9.59 Å². The van der Waals surface area contributed by atoms with Crippen LogP contribution in [-0.2, 0) is 22.7 Å². The Hall–Kier alpha value is -3.02. The molecule has 0 spiro atoms. The highest BCUT2D eigenvalue weighted by Gasteiger charge is 2.32. The number of nitrogens with one attached hydrogen (secondary N) is 1. The van der Waals surface area contributed by atoms with Gasteiger partial charge >= 0.3 is 6.09 Å². The number of hydrogen-bond donors (Lipinski definition) is 1. The minimum atomic E-state index is -0.523. The molecule has 2 atom stereocenters. The molecule has 0 bridgehead atoms. The van der Waals surface area contributed by atoms with Crippen LogP contribution in [-0.4, -0.2) is 29.0 Å². The Balaban J connectivity index is 1.72. The molecule has 2 amide bonds. The van der Waals surface area contributed by atoms with Crippen molar-refractivity contribution >= 4 is 17.7 Å². The number of benzene rings is 2. The van der Waals surface area contributed by atoms with Gasteiger partial charge in [-0.3, -0.25) is 10.1 Å². The van der Waals surface area contributed by atoms with Crippen LogP contribution in [0.15, 0.2) is 48.5 Å². The zero-order valence-electron chi connectivity index (χ0n) is 17.2. The molecule has 6 heteroatoms. The first-order chi connectivity index (χ1) is 14.0. The second-order valence-electron chi connectivity index (χ2n) is 7.25. The molecule has 1 N–H and O–H groups in total. The van der Waals surface area contributed by atoms with E-state index in [1.54, 1.807) is 12.1 Å². The van der Waals surface area contributed by atoms with Gasteiger partial charge in [-0.1, -0.05) is 44.2 Å². The Kier molecular flexibility index (Phi) is 6.75. The Labute approximate surface area is 171 Å². The molecule has 0 aromatic heterocycles. The summed E-state index contributed by atoms with van der Waals surface area (Å²) >= 11 is 0. The molecule has 1 heterocycles. The minimum Gasteiger partial charge on any atom is -0.480 e. The van der Waals surface area contributed by atoms with E-state index in [2.05, 4.69) is 12.2 Å². The lowest BCUT2D eigenvalue weighted by atomic mass is 10.1. The summed E-state index contributed by atoms with van der Waals surface area (Å²) < 4.78 is 11.3. The first-order valence-corrected chi connectivity index (χ1v) is 10.1. The fourth-order valence-electron chi connectivity index (χ4n) is 3.27. The molecule has 0 saturated heterocycles. The van der Waals surface area contributed by atoms with E-state index in [0.717, 1.165) is 17.5 Å². The van der Waals surface area contributed by atoms with Crippen molar-refractivity contribution < 1.29 is 19.1 Å². The molecule has 2 aromatic carbocycles. The average molecular weight is 396 g/mol. The fraction of sp³-hybridized carbons (Fsp3) is 0.391. The number of hydrogen-bond acceptors (Lipinski definition) is 4. The Bertz CT molecular complexity index is 853. The second kappa shape index (κ2) is 9.45. The molecule has 154 valence electrons. The summed E-state index contributed by atoms with van der Waals surface area (Å²) in [6.07, 6.45) is 0.461. The van der Waals surface area contributed by atoms with Crippen LogP contribution in [0.5, 0.6) is 5.75 Å². The van der Waals surface area contributed by atoms with Gasteiger partial charge in [0.1, 0.15) is 12.4 Å². The Morgan fingerprint density at radius 1 is 1.24 bits per heavy atom. The molecule has 0 aliphatic carbocycles. The van der Waals surface area contributed by atoms with E-state index >= 15 is 0 Å². The number of ether oxygens (including phenoxy) is 2. The van der Waals surface area contributed by atoms with Crippen molar-refractivity contribution in [1.82, 2.24) is 4.90 Å². The van der Waals surface area contributed by atoms with E-state index in [1.165, 1.54) is 0 Å². The van der Waals surface area contributed by atoms with E-state index in [1.807, 2.05) is 55.1 Å². The van der Waals surface area contributed by atoms with E-state index in [-0.39, 0.29) is 18.6 Å². The smallest absolute Gasteiger partial charge is 0.411 e. The summed E-state index contributed by atoms with van der Waals surface area (Å²) in [7, 11) is 0. The number of fused-ring (bicyclic) bond motifs is 1. The highest BCUT2D eigenvalue weighted by molar-refractivity contribution is 5.85. The second-order valence-corrected chi connectivity index (χ2v) is 7.25. The monoisotopic (exact) mass is 396 g/mol. The van der Waals surface area contributed by atoms with Crippen molar-refractivity contribution in [3.05, 3.63) is 59.7 Å². The molecule has 0 saturated carbocycles. The van der Waals surface area contributed by atoms with Crippen molar-refractivity contribution in [1.29, 1.82) is 0 Å². The number of carbonyl (C=O) groups is 2. The van der Waals surface area contributed by atoms with Gasteiger partial charge in [-0.25, -0.2) is 4.79 Å². The number of carbonyl (C=O) groups excluding carboxylic acids is 2. The van der Waals surface area contributed by atoms with Gasteiger partial charge in [0.15, 0.2) is 6.10 Å². The first kappa shape index (κ1) is 20.7. The van der Waals surface area contributed by atoms with E-state index in [0.29, 0.717) is 24.4 Å². The third-order valence-electron chi connectivity index (χ3n) is 5.18. The highest BCUT2D eigenvalue weighted by Crippen LogP contribution is 2.30. The minimum absolute atomic E-state index is 0.00910. The lowest BCUT2D eigenvalue weighted by molar-refractivity contribution is -0.140. The van der Waals surface area contributed by atoms with Gasteiger partial charge < -0.3 is 14.4 Å². The molecule has 2 aromatic rings. The summed E-state index contributed by atoms with van der Waals surface area (Å²) in [5.41, 5.74) is 2.40.